The van der Waals surface area contributed by atoms with Crippen LogP contribution in [0.25, 0.3) is 0 Å². The highest BCUT2D eigenvalue weighted by molar-refractivity contribution is 5.66. The summed E-state index contributed by atoms with van der Waals surface area (Å²) in [5.74, 6) is -0.783. The third kappa shape index (κ3) is 18.2. The van der Waals surface area contributed by atoms with Gasteiger partial charge < -0.3 is 15.3 Å². The Labute approximate surface area is 157 Å². The van der Waals surface area contributed by atoms with E-state index in [9.17, 15) is 15.0 Å². The van der Waals surface area contributed by atoms with Crippen molar-refractivity contribution in [2.45, 2.75) is 57.7 Å². The summed E-state index contributed by atoms with van der Waals surface area (Å²) in [6.45, 7) is 1.93. The first-order valence-electron chi connectivity index (χ1n) is 9.10. The molecule has 0 heterocycles. The summed E-state index contributed by atoms with van der Waals surface area (Å²) in [4.78, 5) is 10.3. The predicted molar refractivity (Wildman–Crippen MR) is 108 cm³/mol. The van der Waals surface area contributed by atoms with Gasteiger partial charge in [-0.2, -0.15) is 0 Å². The SMILES string of the molecule is CCC(O)/C=C/C=C/C/C=C/C=C/C(O)C/C=C/C/C=C/CCC(=O)O. The molecular formula is C22H32O4. The number of carboxylic acids is 1. The van der Waals surface area contributed by atoms with Crippen LogP contribution in [0.3, 0.4) is 0 Å². The Morgan fingerprint density at radius 3 is 2.00 bits per heavy atom. The number of aliphatic hydroxyl groups excluding tert-OH is 2. The first kappa shape index (κ1) is 23.8. The molecule has 0 saturated heterocycles. The topological polar surface area (TPSA) is 77.8 Å². The number of hydrogen-bond donors (Lipinski definition) is 3. The number of carboxylic acid groups (broad SMARTS) is 1. The standard InChI is InChI=1S/C22H32O4/c1-2-20(23)16-12-8-4-3-5-9-13-17-21(24)18-14-10-6-7-11-15-19-22(25)26/h4-5,7-14,16-17,20-21,23-24H,2-3,6,15,18-19H2,1H3,(H,25,26)/b8-4+,9-5+,11-7+,14-10+,16-12+,17-13+. The molecule has 0 aromatic heterocycles. The van der Waals surface area contributed by atoms with Crippen LogP contribution in [-0.2, 0) is 4.79 Å². The van der Waals surface area contributed by atoms with Gasteiger partial charge in [-0.05, 0) is 32.1 Å². The molecule has 2 unspecified atom stereocenters. The monoisotopic (exact) mass is 360 g/mol. The second-order valence-corrected chi connectivity index (χ2v) is 5.75. The minimum Gasteiger partial charge on any atom is -0.481 e. The van der Waals surface area contributed by atoms with Crippen molar-refractivity contribution in [3.05, 3.63) is 72.9 Å². The molecule has 4 heteroatoms. The van der Waals surface area contributed by atoms with Crippen LogP contribution in [0.2, 0.25) is 0 Å². The quantitative estimate of drug-likeness (QED) is 0.315. The zero-order valence-electron chi connectivity index (χ0n) is 15.6. The lowest BCUT2D eigenvalue weighted by molar-refractivity contribution is -0.136. The van der Waals surface area contributed by atoms with Gasteiger partial charge in [0.15, 0.2) is 0 Å². The second-order valence-electron chi connectivity index (χ2n) is 5.75. The highest BCUT2D eigenvalue weighted by Crippen LogP contribution is 1.99. The molecule has 0 spiro atoms. The lowest BCUT2D eigenvalue weighted by Gasteiger charge is -1.98. The smallest absolute Gasteiger partial charge is 0.303 e. The molecule has 0 amide bonds. The maximum atomic E-state index is 10.3. The third-order valence-corrected chi connectivity index (χ3v) is 3.36. The van der Waals surface area contributed by atoms with Gasteiger partial charge in [0.25, 0.3) is 0 Å². The molecule has 0 fully saturated rings. The van der Waals surface area contributed by atoms with Crippen molar-refractivity contribution in [2.24, 2.45) is 0 Å². The van der Waals surface area contributed by atoms with Gasteiger partial charge in [-0.15, -0.1) is 0 Å². The molecule has 4 nitrogen and oxygen atoms in total. The number of aliphatic hydroxyl groups is 2. The normalized spacial score (nSPS) is 15.5. The highest BCUT2D eigenvalue weighted by Gasteiger charge is 1.93. The summed E-state index contributed by atoms with van der Waals surface area (Å²) in [6.07, 6.45) is 25.2. The molecule has 0 bridgehead atoms. The van der Waals surface area contributed by atoms with Crippen molar-refractivity contribution in [2.75, 3.05) is 0 Å². The average molecular weight is 360 g/mol. The third-order valence-electron chi connectivity index (χ3n) is 3.36. The van der Waals surface area contributed by atoms with Gasteiger partial charge in [-0.1, -0.05) is 79.8 Å². The number of rotatable bonds is 14. The first-order valence-corrected chi connectivity index (χ1v) is 9.10. The summed E-state index contributed by atoms with van der Waals surface area (Å²) in [5.41, 5.74) is 0. The fourth-order valence-corrected chi connectivity index (χ4v) is 1.82. The van der Waals surface area contributed by atoms with Crippen LogP contribution in [0, 0.1) is 0 Å². The van der Waals surface area contributed by atoms with Gasteiger partial charge in [-0.3, -0.25) is 4.79 Å². The molecule has 0 aliphatic rings. The first-order chi connectivity index (χ1) is 12.6. The van der Waals surface area contributed by atoms with Crippen LogP contribution in [0.15, 0.2) is 72.9 Å². The minimum atomic E-state index is -0.783. The summed E-state index contributed by atoms with van der Waals surface area (Å²) in [5, 5.41) is 27.6. The molecule has 2 atom stereocenters. The largest absolute Gasteiger partial charge is 0.481 e. The van der Waals surface area contributed by atoms with E-state index in [-0.39, 0.29) is 12.5 Å². The highest BCUT2D eigenvalue weighted by atomic mass is 16.4. The van der Waals surface area contributed by atoms with Crippen LogP contribution in [0.5, 0.6) is 0 Å². The van der Waals surface area contributed by atoms with E-state index in [1.807, 2.05) is 67.7 Å². The Morgan fingerprint density at radius 2 is 1.38 bits per heavy atom. The zero-order chi connectivity index (χ0) is 19.5. The van der Waals surface area contributed by atoms with E-state index in [2.05, 4.69) is 0 Å². The van der Waals surface area contributed by atoms with Crippen molar-refractivity contribution >= 4 is 5.97 Å². The van der Waals surface area contributed by atoms with Crippen molar-refractivity contribution in [1.29, 1.82) is 0 Å². The van der Waals surface area contributed by atoms with E-state index in [1.165, 1.54) is 0 Å². The van der Waals surface area contributed by atoms with Crippen LogP contribution < -0.4 is 0 Å². The Bertz CT molecular complexity index is 524. The summed E-state index contributed by atoms with van der Waals surface area (Å²) in [6, 6.07) is 0. The van der Waals surface area contributed by atoms with E-state index in [1.54, 1.807) is 12.2 Å². The number of allylic oxidation sites excluding steroid dienone is 9. The van der Waals surface area contributed by atoms with Crippen molar-refractivity contribution in [3.63, 3.8) is 0 Å². The fourth-order valence-electron chi connectivity index (χ4n) is 1.82. The molecule has 0 aromatic rings. The molecule has 0 saturated carbocycles. The molecule has 0 aliphatic carbocycles. The molecular weight excluding hydrogens is 328 g/mol. The number of carbonyl (C=O) groups is 1. The van der Waals surface area contributed by atoms with Gasteiger partial charge in [0.1, 0.15) is 0 Å². The minimum absolute atomic E-state index is 0.158. The van der Waals surface area contributed by atoms with Crippen LogP contribution >= 0.6 is 0 Å². The Kier molecular flexibility index (Phi) is 16.2. The number of hydrogen-bond acceptors (Lipinski definition) is 3. The van der Waals surface area contributed by atoms with Gasteiger partial charge in [0.05, 0.1) is 12.2 Å². The van der Waals surface area contributed by atoms with Crippen molar-refractivity contribution in [1.82, 2.24) is 0 Å². The maximum absolute atomic E-state index is 10.3. The Hall–Kier alpha value is -2.17. The lowest BCUT2D eigenvalue weighted by Crippen LogP contribution is -1.98. The van der Waals surface area contributed by atoms with Gasteiger partial charge in [0.2, 0.25) is 0 Å². The predicted octanol–water partition coefficient (Wildman–Crippen LogP) is 4.49. The zero-order valence-corrected chi connectivity index (χ0v) is 15.6. The van der Waals surface area contributed by atoms with Gasteiger partial charge in [0, 0.05) is 6.42 Å². The van der Waals surface area contributed by atoms with E-state index in [0.717, 1.165) is 19.3 Å². The Balaban J connectivity index is 3.80. The molecule has 0 aromatic carbocycles. The van der Waals surface area contributed by atoms with Crippen molar-refractivity contribution < 1.29 is 20.1 Å². The molecule has 3 N–H and O–H groups in total. The van der Waals surface area contributed by atoms with Gasteiger partial charge >= 0.3 is 5.97 Å². The summed E-state index contributed by atoms with van der Waals surface area (Å²) < 4.78 is 0. The van der Waals surface area contributed by atoms with E-state index < -0.39 is 12.1 Å². The van der Waals surface area contributed by atoms with E-state index >= 15 is 0 Å². The van der Waals surface area contributed by atoms with E-state index in [4.69, 9.17) is 5.11 Å². The Morgan fingerprint density at radius 1 is 0.808 bits per heavy atom. The maximum Gasteiger partial charge on any atom is 0.303 e. The second kappa shape index (κ2) is 17.6. The number of aliphatic carboxylic acids is 1. The molecule has 0 aliphatic heterocycles. The van der Waals surface area contributed by atoms with Crippen LogP contribution in [0.4, 0.5) is 0 Å². The van der Waals surface area contributed by atoms with Crippen molar-refractivity contribution in [3.8, 4) is 0 Å². The molecule has 0 rings (SSSR count). The molecule has 26 heavy (non-hydrogen) atoms. The van der Waals surface area contributed by atoms with Gasteiger partial charge in [-0.25, -0.2) is 0 Å². The fraction of sp³-hybridized carbons (Fsp3) is 0.409. The van der Waals surface area contributed by atoms with Crippen LogP contribution in [-0.4, -0.2) is 33.5 Å². The molecule has 0 radical (unpaired) electrons. The van der Waals surface area contributed by atoms with E-state index in [0.29, 0.717) is 12.8 Å². The lowest BCUT2D eigenvalue weighted by atomic mass is 10.2. The summed E-state index contributed by atoms with van der Waals surface area (Å²) >= 11 is 0. The summed E-state index contributed by atoms with van der Waals surface area (Å²) in [7, 11) is 0. The average Bonchev–Trinajstić information content (AvgIpc) is 2.61. The van der Waals surface area contributed by atoms with Crippen LogP contribution in [0.1, 0.15) is 45.4 Å². The molecule has 144 valence electrons.